The topological polar surface area (TPSA) is 97.1 Å². The normalized spacial score (nSPS) is 28.9. The van der Waals surface area contributed by atoms with Crippen LogP contribution in [0.4, 0.5) is 0 Å². The smallest absolute Gasteiger partial charge is 0.306 e. The third-order valence-corrected chi connectivity index (χ3v) is 5.91. The second-order valence-electron chi connectivity index (χ2n) is 6.23. The van der Waals surface area contributed by atoms with Gasteiger partial charge < -0.3 is 10.4 Å². The number of amides is 1. The van der Waals surface area contributed by atoms with Crippen molar-refractivity contribution in [2.45, 2.75) is 25.3 Å². The van der Waals surface area contributed by atoms with Crippen molar-refractivity contribution in [1.29, 1.82) is 0 Å². The van der Waals surface area contributed by atoms with Gasteiger partial charge in [-0.15, -0.1) is 16.4 Å². The van der Waals surface area contributed by atoms with Crippen LogP contribution in [0.1, 0.15) is 28.9 Å². The van der Waals surface area contributed by atoms with Crippen LogP contribution in [0, 0.1) is 17.8 Å². The summed E-state index contributed by atoms with van der Waals surface area (Å²) in [6.45, 7) is 0. The van der Waals surface area contributed by atoms with E-state index < -0.39 is 5.97 Å². The maximum atomic E-state index is 12.6. The Kier molecular flexibility index (Phi) is 3.41. The first-order valence-corrected chi connectivity index (χ1v) is 8.49. The van der Waals surface area contributed by atoms with E-state index >= 15 is 0 Å². The summed E-state index contributed by atoms with van der Waals surface area (Å²) in [5, 5.41) is 21.8. The van der Waals surface area contributed by atoms with Gasteiger partial charge in [0.25, 0.3) is 5.91 Å². The van der Waals surface area contributed by atoms with Crippen LogP contribution in [0.3, 0.4) is 0 Å². The molecule has 2 aromatic rings. The van der Waals surface area contributed by atoms with Crippen molar-refractivity contribution in [2.24, 2.45) is 17.8 Å². The fourth-order valence-electron chi connectivity index (χ4n) is 3.98. The number of hydrogen-bond donors (Lipinski definition) is 2. The number of carbonyl (C=O) groups excluding carboxylic acids is 1. The van der Waals surface area contributed by atoms with Crippen LogP contribution in [0.25, 0.3) is 5.69 Å². The van der Waals surface area contributed by atoms with E-state index in [2.05, 4.69) is 15.6 Å². The van der Waals surface area contributed by atoms with Gasteiger partial charge in [0.15, 0.2) is 0 Å². The van der Waals surface area contributed by atoms with Crippen LogP contribution in [0.2, 0.25) is 0 Å². The van der Waals surface area contributed by atoms with E-state index in [4.69, 9.17) is 0 Å². The highest BCUT2D eigenvalue weighted by atomic mass is 32.1. The van der Waals surface area contributed by atoms with Crippen LogP contribution in [0.15, 0.2) is 23.8 Å². The molecule has 2 saturated carbocycles. The number of hydrogen-bond acceptors (Lipinski definition) is 5. The number of carboxylic acid groups (broad SMARTS) is 1. The maximum absolute atomic E-state index is 12.6. The Hall–Kier alpha value is -2.22. The molecule has 1 amide bonds. The molecule has 120 valence electrons. The zero-order valence-corrected chi connectivity index (χ0v) is 13.1. The molecule has 0 unspecified atom stereocenters. The zero-order chi connectivity index (χ0) is 16.0. The monoisotopic (exact) mass is 332 g/mol. The van der Waals surface area contributed by atoms with Crippen LogP contribution < -0.4 is 5.32 Å². The second kappa shape index (κ2) is 5.45. The molecule has 2 aliphatic rings. The SMILES string of the molecule is O=C(N[C@@H]1C[C@H]2C[C@@H]1C[C@H]2C(=O)O)c1sccc1-n1ccnn1. The molecule has 2 aromatic heterocycles. The number of aliphatic carboxylic acids is 1. The largest absolute Gasteiger partial charge is 0.481 e. The molecule has 8 heteroatoms. The molecule has 0 radical (unpaired) electrons. The van der Waals surface area contributed by atoms with E-state index in [0.29, 0.717) is 11.3 Å². The van der Waals surface area contributed by atoms with Crippen LogP contribution in [-0.4, -0.2) is 38.0 Å². The Morgan fingerprint density at radius 1 is 1.30 bits per heavy atom. The van der Waals surface area contributed by atoms with Gasteiger partial charge in [0.1, 0.15) is 4.88 Å². The first-order valence-electron chi connectivity index (χ1n) is 7.61. The van der Waals surface area contributed by atoms with Crippen LogP contribution in [-0.2, 0) is 4.79 Å². The molecule has 7 nitrogen and oxygen atoms in total. The summed E-state index contributed by atoms with van der Waals surface area (Å²) in [6.07, 6.45) is 5.61. The lowest BCUT2D eigenvalue weighted by Gasteiger charge is -2.26. The summed E-state index contributed by atoms with van der Waals surface area (Å²) >= 11 is 1.37. The summed E-state index contributed by atoms with van der Waals surface area (Å²) in [5.74, 6) is -0.578. The lowest BCUT2D eigenvalue weighted by atomic mass is 9.86. The summed E-state index contributed by atoms with van der Waals surface area (Å²) in [5.41, 5.74) is 0.719. The fourth-order valence-corrected chi connectivity index (χ4v) is 4.76. The summed E-state index contributed by atoms with van der Waals surface area (Å²) in [7, 11) is 0. The van der Waals surface area contributed by atoms with Crippen molar-refractivity contribution in [3.8, 4) is 5.69 Å². The standard InChI is InChI=1S/C15H16N4O3S/c20-14(13-12(1-4-23-13)19-3-2-16-18-19)17-11-7-8-5-9(11)6-10(8)15(21)22/h1-4,8-11H,5-7H2,(H,17,20)(H,21,22)/t8-,9-,10-,11-/m1/s1. The van der Waals surface area contributed by atoms with Crippen molar-refractivity contribution >= 4 is 23.2 Å². The first kappa shape index (κ1) is 14.4. The summed E-state index contributed by atoms with van der Waals surface area (Å²) in [6, 6.07) is 1.92. The molecular weight excluding hydrogens is 316 g/mol. The van der Waals surface area contributed by atoms with E-state index in [1.54, 1.807) is 17.1 Å². The predicted octanol–water partition coefficient (Wildman–Crippen LogP) is 1.56. The van der Waals surface area contributed by atoms with Crippen molar-refractivity contribution in [2.75, 3.05) is 0 Å². The van der Waals surface area contributed by atoms with Crippen molar-refractivity contribution < 1.29 is 14.7 Å². The number of fused-ring (bicyclic) bond motifs is 2. The highest BCUT2D eigenvalue weighted by Gasteiger charge is 2.49. The van der Waals surface area contributed by atoms with Gasteiger partial charge in [0.05, 0.1) is 24.0 Å². The van der Waals surface area contributed by atoms with Gasteiger partial charge in [-0.2, -0.15) is 0 Å². The molecule has 0 aliphatic heterocycles. The second-order valence-corrected chi connectivity index (χ2v) is 7.15. The molecule has 0 spiro atoms. The van der Waals surface area contributed by atoms with Gasteiger partial charge in [-0.05, 0) is 42.5 Å². The number of nitrogens with zero attached hydrogens (tertiary/aromatic N) is 3. The van der Waals surface area contributed by atoms with Gasteiger partial charge in [-0.25, -0.2) is 4.68 Å². The molecule has 2 N–H and O–H groups in total. The zero-order valence-electron chi connectivity index (χ0n) is 12.3. The molecule has 2 fully saturated rings. The number of thiophene rings is 1. The average molecular weight is 332 g/mol. The fraction of sp³-hybridized carbons (Fsp3) is 0.467. The molecule has 2 bridgehead atoms. The van der Waals surface area contributed by atoms with E-state index in [1.807, 2.05) is 11.4 Å². The van der Waals surface area contributed by atoms with E-state index in [0.717, 1.165) is 18.5 Å². The lowest BCUT2D eigenvalue weighted by Crippen LogP contribution is -2.40. The van der Waals surface area contributed by atoms with Gasteiger partial charge in [0, 0.05) is 6.04 Å². The number of rotatable bonds is 4. The minimum Gasteiger partial charge on any atom is -0.481 e. The van der Waals surface area contributed by atoms with Gasteiger partial charge in [-0.3, -0.25) is 9.59 Å². The first-order chi connectivity index (χ1) is 11.1. The van der Waals surface area contributed by atoms with Crippen molar-refractivity contribution in [3.05, 3.63) is 28.7 Å². The molecule has 23 heavy (non-hydrogen) atoms. The van der Waals surface area contributed by atoms with Crippen molar-refractivity contribution in [3.63, 3.8) is 0 Å². The molecule has 2 heterocycles. The van der Waals surface area contributed by atoms with Crippen LogP contribution >= 0.6 is 11.3 Å². The Morgan fingerprint density at radius 3 is 2.83 bits per heavy atom. The third-order valence-electron chi connectivity index (χ3n) is 5.01. The molecule has 2 aliphatic carbocycles. The summed E-state index contributed by atoms with van der Waals surface area (Å²) < 4.78 is 1.58. The minimum absolute atomic E-state index is 0.0776. The van der Waals surface area contributed by atoms with E-state index in [9.17, 15) is 14.7 Å². The molecule has 0 saturated heterocycles. The average Bonchev–Trinajstić information content (AvgIpc) is 3.28. The number of carbonyl (C=O) groups is 2. The quantitative estimate of drug-likeness (QED) is 0.885. The highest BCUT2D eigenvalue weighted by molar-refractivity contribution is 7.12. The van der Waals surface area contributed by atoms with E-state index in [-0.39, 0.29) is 29.7 Å². The predicted molar refractivity (Wildman–Crippen MR) is 82.4 cm³/mol. The molecule has 0 aromatic carbocycles. The number of carboxylic acids is 1. The minimum atomic E-state index is -0.700. The maximum Gasteiger partial charge on any atom is 0.306 e. The third kappa shape index (κ3) is 2.42. The molecule has 4 atom stereocenters. The molecule has 4 rings (SSSR count). The Balaban J connectivity index is 1.47. The van der Waals surface area contributed by atoms with Gasteiger partial charge >= 0.3 is 5.97 Å². The van der Waals surface area contributed by atoms with Gasteiger partial charge in [0.2, 0.25) is 0 Å². The van der Waals surface area contributed by atoms with Crippen LogP contribution in [0.5, 0.6) is 0 Å². The number of nitrogens with one attached hydrogen (secondary N) is 1. The Morgan fingerprint density at radius 2 is 2.17 bits per heavy atom. The van der Waals surface area contributed by atoms with Gasteiger partial charge in [-0.1, -0.05) is 5.21 Å². The highest BCUT2D eigenvalue weighted by Crippen LogP contribution is 2.48. The van der Waals surface area contributed by atoms with Crippen molar-refractivity contribution in [1.82, 2.24) is 20.3 Å². The lowest BCUT2D eigenvalue weighted by molar-refractivity contribution is -0.143. The number of aromatic nitrogens is 3. The van der Waals surface area contributed by atoms with E-state index in [1.165, 1.54) is 11.3 Å². The Labute approximate surface area is 136 Å². The Bertz CT molecular complexity index is 742. The summed E-state index contributed by atoms with van der Waals surface area (Å²) in [4.78, 5) is 24.4. The molecular formula is C15H16N4O3S.